The lowest BCUT2D eigenvalue weighted by molar-refractivity contribution is 0.0695. The molecule has 1 aromatic heterocycles. The van der Waals surface area contributed by atoms with Crippen molar-refractivity contribution in [2.75, 3.05) is 0 Å². The van der Waals surface area contributed by atoms with Crippen molar-refractivity contribution >= 4 is 5.97 Å². The topological polar surface area (TPSA) is 63.1 Å². The van der Waals surface area contributed by atoms with Crippen LogP contribution in [0.5, 0.6) is 0 Å². The van der Waals surface area contributed by atoms with Gasteiger partial charge in [-0.1, -0.05) is 42.5 Å². The molecule has 4 rings (SSSR count). The zero-order valence-corrected chi connectivity index (χ0v) is 13.7. The highest BCUT2D eigenvalue weighted by Gasteiger charge is 2.25. The van der Waals surface area contributed by atoms with Crippen LogP contribution in [0.1, 0.15) is 45.8 Å². The van der Waals surface area contributed by atoms with Crippen molar-refractivity contribution < 1.29 is 9.90 Å². The van der Waals surface area contributed by atoms with Crippen LogP contribution in [0.2, 0.25) is 0 Å². The molecule has 1 N–H and O–H groups in total. The van der Waals surface area contributed by atoms with Crippen LogP contribution >= 0.6 is 0 Å². The number of hydrogen-bond donors (Lipinski definition) is 1. The van der Waals surface area contributed by atoms with Crippen LogP contribution in [0.15, 0.2) is 60.9 Å². The van der Waals surface area contributed by atoms with Crippen LogP contribution in [0.4, 0.5) is 0 Å². The number of rotatable bonds is 5. The van der Waals surface area contributed by atoms with Gasteiger partial charge in [-0.3, -0.25) is 0 Å². The van der Waals surface area contributed by atoms with E-state index in [9.17, 15) is 9.90 Å². The first-order valence-corrected chi connectivity index (χ1v) is 8.43. The molecule has 1 saturated carbocycles. The van der Waals surface area contributed by atoms with Crippen LogP contribution in [0, 0.1) is 0 Å². The third kappa shape index (κ3) is 3.43. The Morgan fingerprint density at radius 1 is 1.04 bits per heavy atom. The number of nitrogens with zero attached hydrogens (tertiary/aromatic N) is 2. The van der Waals surface area contributed by atoms with Gasteiger partial charge in [-0.05, 0) is 41.5 Å². The SMILES string of the molecule is O=C(O)c1cc(C2CC2)ccc1Cc1cnc(-c2ccccc2)nc1. The van der Waals surface area contributed by atoms with Gasteiger partial charge in [0.15, 0.2) is 5.82 Å². The summed E-state index contributed by atoms with van der Waals surface area (Å²) in [5, 5.41) is 9.53. The van der Waals surface area contributed by atoms with E-state index < -0.39 is 5.97 Å². The van der Waals surface area contributed by atoms with Gasteiger partial charge in [0.1, 0.15) is 0 Å². The Morgan fingerprint density at radius 2 is 1.76 bits per heavy atom. The van der Waals surface area contributed by atoms with Crippen LogP contribution in [-0.2, 0) is 6.42 Å². The highest BCUT2D eigenvalue weighted by atomic mass is 16.4. The van der Waals surface area contributed by atoms with E-state index in [-0.39, 0.29) is 0 Å². The van der Waals surface area contributed by atoms with Crippen LogP contribution < -0.4 is 0 Å². The molecule has 4 nitrogen and oxygen atoms in total. The maximum Gasteiger partial charge on any atom is 0.335 e. The molecule has 2 aromatic carbocycles. The van der Waals surface area contributed by atoms with Gasteiger partial charge in [-0.2, -0.15) is 0 Å². The summed E-state index contributed by atoms with van der Waals surface area (Å²) < 4.78 is 0. The zero-order valence-electron chi connectivity index (χ0n) is 13.7. The lowest BCUT2D eigenvalue weighted by Crippen LogP contribution is -2.05. The van der Waals surface area contributed by atoms with E-state index in [1.807, 2.05) is 42.5 Å². The Balaban J connectivity index is 1.58. The second-order valence-electron chi connectivity index (χ2n) is 6.45. The normalized spacial score (nSPS) is 13.6. The van der Waals surface area contributed by atoms with Gasteiger partial charge in [-0.25, -0.2) is 14.8 Å². The standard InChI is InChI=1S/C21H18N2O2/c24-21(25)19-11-17(15-6-7-15)8-9-18(19)10-14-12-22-20(23-13-14)16-4-2-1-3-5-16/h1-5,8-9,11-13,15H,6-7,10H2,(H,24,25). The molecule has 0 spiro atoms. The lowest BCUT2D eigenvalue weighted by atomic mass is 9.97. The van der Waals surface area contributed by atoms with E-state index in [0.717, 1.165) is 35.1 Å². The maximum atomic E-state index is 11.6. The third-order valence-corrected chi connectivity index (χ3v) is 4.54. The Hall–Kier alpha value is -3.01. The minimum absolute atomic E-state index is 0.386. The van der Waals surface area contributed by atoms with Crippen molar-refractivity contribution in [3.63, 3.8) is 0 Å². The molecule has 0 atom stereocenters. The average Bonchev–Trinajstić information content (AvgIpc) is 3.48. The first-order valence-electron chi connectivity index (χ1n) is 8.43. The molecule has 0 amide bonds. The summed E-state index contributed by atoms with van der Waals surface area (Å²) in [6.45, 7) is 0. The summed E-state index contributed by atoms with van der Waals surface area (Å²) in [7, 11) is 0. The van der Waals surface area contributed by atoms with E-state index in [4.69, 9.17) is 0 Å². The first kappa shape index (κ1) is 15.5. The van der Waals surface area contributed by atoms with Crippen LogP contribution in [0.3, 0.4) is 0 Å². The number of hydrogen-bond acceptors (Lipinski definition) is 3. The van der Waals surface area contributed by atoms with E-state index in [1.54, 1.807) is 12.4 Å². The lowest BCUT2D eigenvalue weighted by Gasteiger charge is -2.09. The Kier molecular flexibility index (Phi) is 4.02. The number of benzene rings is 2. The number of carboxylic acid groups (broad SMARTS) is 1. The van der Waals surface area contributed by atoms with Crippen LogP contribution in [0.25, 0.3) is 11.4 Å². The number of aromatic nitrogens is 2. The Labute approximate surface area is 146 Å². The molecule has 0 aliphatic heterocycles. The van der Waals surface area contributed by atoms with Crippen molar-refractivity contribution in [3.05, 3.63) is 83.2 Å². The second kappa shape index (κ2) is 6.48. The van der Waals surface area contributed by atoms with Gasteiger partial charge < -0.3 is 5.11 Å². The average molecular weight is 330 g/mol. The zero-order chi connectivity index (χ0) is 17.2. The van der Waals surface area contributed by atoms with Crippen LogP contribution in [-0.4, -0.2) is 21.0 Å². The predicted molar refractivity (Wildman–Crippen MR) is 95.7 cm³/mol. The van der Waals surface area contributed by atoms with Gasteiger partial charge in [0.05, 0.1) is 5.56 Å². The molecule has 1 fully saturated rings. The van der Waals surface area contributed by atoms with E-state index in [1.165, 1.54) is 0 Å². The molecule has 0 unspecified atom stereocenters. The molecule has 25 heavy (non-hydrogen) atoms. The monoisotopic (exact) mass is 330 g/mol. The molecule has 0 saturated heterocycles. The Morgan fingerprint density at radius 3 is 2.40 bits per heavy atom. The fourth-order valence-electron chi connectivity index (χ4n) is 3.02. The maximum absolute atomic E-state index is 11.6. The summed E-state index contributed by atoms with van der Waals surface area (Å²) in [5.74, 6) is 0.340. The molecule has 3 aromatic rings. The minimum Gasteiger partial charge on any atom is -0.478 e. The van der Waals surface area contributed by atoms with Crippen molar-refractivity contribution in [1.29, 1.82) is 0 Å². The molecule has 124 valence electrons. The number of aromatic carboxylic acids is 1. The van der Waals surface area contributed by atoms with E-state index >= 15 is 0 Å². The molecule has 1 heterocycles. The predicted octanol–water partition coefficient (Wildman–Crippen LogP) is 4.31. The molecule has 1 aliphatic rings. The summed E-state index contributed by atoms with van der Waals surface area (Å²) in [6.07, 6.45) is 6.38. The molecule has 1 aliphatic carbocycles. The smallest absolute Gasteiger partial charge is 0.335 e. The van der Waals surface area contributed by atoms with Gasteiger partial charge >= 0.3 is 5.97 Å². The van der Waals surface area contributed by atoms with Gasteiger partial charge in [0.2, 0.25) is 0 Å². The summed E-state index contributed by atoms with van der Waals surface area (Å²) in [6, 6.07) is 15.6. The third-order valence-electron chi connectivity index (χ3n) is 4.54. The summed E-state index contributed by atoms with van der Waals surface area (Å²) in [5.41, 5.74) is 4.19. The van der Waals surface area contributed by atoms with E-state index in [2.05, 4.69) is 16.0 Å². The van der Waals surface area contributed by atoms with Gasteiger partial charge in [0, 0.05) is 24.4 Å². The van der Waals surface area contributed by atoms with E-state index in [0.29, 0.717) is 23.7 Å². The quantitative estimate of drug-likeness (QED) is 0.757. The summed E-state index contributed by atoms with van der Waals surface area (Å²) in [4.78, 5) is 20.4. The first-order chi connectivity index (χ1) is 12.2. The second-order valence-corrected chi connectivity index (χ2v) is 6.45. The molecule has 0 bridgehead atoms. The van der Waals surface area contributed by atoms with Crippen molar-refractivity contribution in [3.8, 4) is 11.4 Å². The molecular weight excluding hydrogens is 312 g/mol. The highest BCUT2D eigenvalue weighted by molar-refractivity contribution is 5.89. The largest absolute Gasteiger partial charge is 0.478 e. The Bertz CT molecular complexity index is 901. The van der Waals surface area contributed by atoms with Gasteiger partial charge in [0.25, 0.3) is 0 Å². The van der Waals surface area contributed by atoms with Gasteiger partial charge in [-0.15, -0.1) is 0 Å². The summed E-state index contributed by atoms with van der Waals surface area (Å²) >= 11 is 0. The number of carboxylic acids is 1. The number of carbonyl (C=O) groups is 1. The fraction of sp³-hybridized carbons (Fsp3) is 0.190. The van der Waals surface area contributed by atoms with Crippen molar-refractivity contribution in [1.82, 2.24) is 9.97 Å². The molecule has 0 radical (unpaired) electrons. The molecule has 4 heteroatoms. The van der Waals surface area contributed by atoms with Crippen molar-refractivity contribution in [2.24, 2.45) is 0 Å². The molecular formula is C21H18N2O2. The minimum atomic E-state index is -0.876. The fourth-order valence-corrected chi connectivity index (χ4v) is 3.02. The highest BCUT2D eigenvalue weighted by Crippen LogP contribution is 2.40. The van der Waals surface area contributed by atoms with Crippen molar-refractivity contribution in [2.45, 2.75) is 25.2 Å².